The molecule has 106 valence electrons. The quantitative estimate of drug-likeness (QED) is 0.909. The van der Waals surface area contributed by atoms with E-state index in [1.807, 2.05) is 30.9 Å². The molecule has 1 aromatic heterocycles. The standard InChI is InChI=1S/C15H24N2O2/c1-12(14-8-7-11-19-14)16-13(2)15(18)17-9-5-3-4-6-10-17/h7-8,11-13,16H,3-6,9-10H2,1-2H3/t12-,13?/m1/s1. The molecule has 4 nitrogen and oxygen atoms in total. The summed E-state index contributed by atoms with van der Waals surface area (Å²) in [5.74, 6) is 1.08. The van der Waals surface area contributed by atoms with Crippen molar-refractivity contribution >= 4 is 5.91 Å². The Morgan fingerprint density at radius 2 is 1.95 bits per heavy atom. The zero-order valence-corrected chi connectivity index (χ0v) is 11.9. The fraction of sp³-hybridized carbons (Fsp3) is 0.667. The van der Waals surface area contributed by atoms with Gasteiger partial charge >= 0.3 is 0 Å². The van der Waals surface area contributed by atoms with Gasteiger partial charge in [-0.15, -0.1) is 0 Å². The molecular weight excluding hydrogens is 240 g/mol. The molecule has 1 saturated heterocycles. The van der Waals surface area contributed by atoms with Crippen molar-refractivity contribution in [3.63, 3.8) is 0 Å². The van der Waals surface area contributed by atoms with Gasteiger partial charge in [-0.05, 0) is 38.8 Å². The highest BCUT2D eigenvalue weighted by atomic mass is 16.3. The lowest BCUT2D eigenvalue weighted by Gasteiger charge is -2.26. The van der Waals surface area contributed by atoms with Gasteiger partial charge in [0.15, 0.2) is 0 Å². The molecule has 0 spiro atoms. The van der Waals surface area contributed by atoms with Gasteiger partial charge in [0, 0.05) is 13.1 Å². The first-order valence-corrected chi connectivity index (χ1v) is 7.26. The van der Waals surface area contributed by atoms with Crippen molar-refractivity contribution in [3.05, 3.63) is 24.2 Å². The number of furan rings is 1. The molecule has 1 fully saturated rings. The molecule has 0 bridgehead atoms. The van der Waals surface area contributed by atoms with Crippen LogP contribution in [0, 0.1) is 0 Å². The molecule has 1 unspecified atom stereocenters. The van der Waals surface area contributed by atoms with Crippen molar-refractivity contribution in [2.24, 2.45) is 0 Å². The molecule has 2 rings (SSSR count). The lowest BCUT2D eigenvalue weighted by atomic mass is 10.2. The summed E-state index contributed by atoms with van der Waals surface area (Å²) in [7, 11) is 0. The van der Waals surface area contributed by atoms with E-state index in [0.717, 1.165) is 31.7 Å². The third-order valence-electron chi connectivity index (χ3n) is 3.76. The average Bonchev–Trinajstić information content (AvgIpc) is 2.81. The Morgan fingerprint density at radius 1 is 1.26 bits per heavy atom. The van der Waals surface area contributed by atoms with E-state index < -0.39 is 0 Å². The molecule has 1 amide bonds. The molecule has 1 aromatic rings. The van der Waals surface area contributed by atoms with Gasteiger partial charge in [-0.25, -0.2) is 0 Å². The predicted octanol–water partition coefficient (Wildman–Crippen LogP) is 2.72. The minimum Gasteiger partial charge on any atom is -0.468 e. The van der Waals surface area contributed by atoms with E-state index in [0.29, 0.717) is 0 Å². The SMILES string of the molecule is CC(N[C@H](C)c1ccco1)C(=O)N1CCCCCC1. The van der Waals surface area contributed by atoms with Crippen LogP contribution in [0.15, 0.2) is 22.8 Å². The molecule has 1 N–H and O–H groups in total. The molecule has 1 aliphatic heterocycles. The van der Waals surface area contributed by atoms with E-state index in [2.05, 4.69) is 5.32 Å². The Kier molecular flexibility index (Phi) is 5.02. The Labute approximate surface area is 115 Å². The number of rotatable bonds is 4. The van der Waals surface area contributed by atoms with Crippen molar-refractivity contribution in [1.82, 2.24) is 10.2 Å². The first kappa shape index (κ1) is 14.1. The molecule has 0 aromatic carbocycles. The summed E-state index contributed by atoms with van der Waals surface area (Å²) in [5.41, 5.74) is 0. The van der Waals surface area contributed by atoms with Crippen LogP contribution in [0.25, 0.3) is 0 Å². The largest absolute Gasteiger partial charge is 0.468 e. The van der Waals surface area contributed by atoms with Crippen LogP contribution in [0.1, 0.15) is 51.3 Å². The summed E-state index contributed by atoms with van der Waals surface area (Å²) >= 11 is 0. The summed E-state index contributed by atoms with van der Waals surface area (Å²) in [6.07, 6.45) is 6.41. The molecule has 0 aliphatic carbocycles. The third kappa shape index (κ3) is 3.83. The summed E-state index contributed by atoms with van der Waals surface area (Å²) in [6, 6.07) is 3.69. The second kappa shape index (κ2) is 6.75. The highest BCUT2D eigenvalue weighted by Gasteiger charge is 2.23. The summed E-state index contributed by atoms with van der Waals surface area (Å²) in [4.78, 5) is 14.4. The van der Waals surface area contributed by atoms with Crippen LogP contribution >= 0.6 is 0 Å². The maximum absolute atomic E-state index is 12.4. The van der Waals surface area contributed by atoms with Crippen molar-refractivity contribution in [3.8, 4) is 0 Å². The van der Waals surface area contributed by atoms with Crippen molar-refractivity contribution < 1.29 is 9.21 Å². The van der Waals surface area contributed by atoms with Gasteiger partial charge in [0.2, 0.25) is 5.91 Å². The van der Waals surface area contributed by atoms with E-state index >= 15 is 0 Å². The first-order chi connectivity index (χ1) is 9.18. The zero-order chi connectivity index (χ0) is 13.7. The molecule has 2 atom stereocenters. The van der Waals surface area contributed by atoms with Crippen LogP contribution in [0.5, 0.6) is 0 Å². The smallest absolute Gasteiger partial charge is 0.239 e. The fourth-order valence-electron chi connectivity index (χ4n) is 2.63. The maximum Gasteiger partial charge on any atom is 0.239 e. The van der Waals surface area contributed by atoms with E-state index in [1.54, 1.807) is 6.26 Å². The average molecular weight is 264 g/mol. The van der Waals surface area contributed by atoms with E-state index in [-0.39, 0.29) is 18.0 Å². The second-order valence-corrected chi connectivity index (χ2v) is 5.36. The number of amides is 1. The van der Waals surface area contributed by atoms with Gasteiger partial charge in [-0.1, -0.05) is 12.8 Å². The molecule has 0 saturated carbocycles. The summed E-state index contributed by atoms with van der Waals surface area (Å²) < 4.78 is 5.35. The number of nitrogens with one attached hydrogen (secondary N) is 1. The van der Waals surface area contributed by atoms with Gasteiger partial charge in [0.25, 0.3) is 0 Å². The minimum atomic E-state index is -0.168. The lowest BCUT2D eigenvalue weighted by molar-refractivity contribution is -0.133. The third-order valence-corrected chi connectivity index (χ3v) is 3.76. The Balaban J connectivity index is 1.87. The lowest BCUT2D eigenvalue weighted by Crippen LogP contribution is -2.45. The Morgan fingerprint density at radius 3 is 2.53 bits per heavy atom. The second-order valence-electron chi connectivity index (χ2n) is 5.36. The van der Waals surface area contributed by atoms with Crippen LogP contribution in [0.3, 0.4) is 0 Å². The van der Waals surface area contributed by atoms with E-state index in [1.165, 1.54) is 12.8 Å². The number of likely N-dealkylation sites (tertiary alicyclic amines) is 1. The normalized spacial score (nSPS) is 19.8. The van der Waals surface area contributed by atoms with Crippen LogP contribution in [-0.4, -0.2) is 29.9 Å². The van der Waals surface area contributed by atoms with Crippen LogP contribution < -0.4 is 5.32 Å². The number of carbonyl (C=O) groups is 1. The van der Waals surface area contributed by atoms with Crippen LogP contribution in [0.2, 0.25) is 0 Å². The zero-order valence-electron chi connectivity index (χ0n) is 11.9. The van der Waals surface area contributed by atoms with Gasteiger partial charge in [-0.2, -0.15) is 0 Å². The Hall–Kier alpha value is -1.29. The van der Waals surface area contributed by atoms with Crippen molar-refractivity contribution in [1.29, 1.82) is 0 Å². The maximum atomic E-state index is 12.4. The highest BCUT2D eigenvalue weighted by Crippen LogP contribution is 2.15. The highest BCUT2D eigenvalue weighted by molar-refractivity contribution is 5.81. The minimum absolute atomic E-state index is 0.0564. The molecular formula is C15H24N2O2. The molecule has 19 heavy (non-hydrogen) atoms. The summed E-state index contributed by atoms with van der Waals surface area (Å²) in [5, 5.41) is 3.31. The van der Waals surface area contributed by atoms with Crippen molar-refractivity contribution in [2.75, 3.05) is 13.1 Å². The predicted molar refractivity (Wildman–Crippen MR) is 74.8 cm³/mol. The van der Waals surface area contributed by atoms with Crippen LogP contribution in [-0.2, 0) is 4.79 Å². The van der Waals surface area contributed by atoms with Gasteiger partial charge in [0.1, 0.15) is 5.76 Å². The monoisotopic (exact) mass is 264 g/mol. The Bertz CT molecular complexity index is 381. The van der Waals surface area contributed by atoms with Gasteiger partial charge < -0.3 is 9.32 Å². The molecule has 2 heterocycles. The topological polar surface area (TPSA) is 45.5 Å². The summed E-state index contributed by atoms with van der Waals surface area (Å²) in [6.45, 7) is 5.76. The fourth-order valence-corrected chi connectivity index (χ4v) is 2.63. The molecule has 1 aliphatic rings. The van der Waals surface area contributed by atoms with E-state index in [4.69, 9.17) is 4.42 Å². The first-order valence-electron chi connectivity index (χ1n) is 7.26. The van der Waals surface area contributed by atoms with E-state index in [9.17, 15) is 4.79 Å². The van der Waals surface area contributed by atoms with Crippen molar-refractivity contribution in [2.45, 2.75) is 51.6 Å². The van der Waals surface area contributed by atoms with Gasteiger partial charge in [0.05, 0.1) is 18.3 Å². The molecule has 4 heteroatoms. The molecule has 0 radical (unpaired) electrons. The number of carbonyl (C=O) groups excluding carboxylic acids is 1. The number of hydrogen-bond acceptors (Lipinski definition) is 3. The number of nitrogens with zero attached hydrogens (tertiary/aromatic N) is 1. The van der Waals surface area contributed by atoms with Crippen LogP contribution in [0.4, 0.5) is 0 Å². The van der Waals surface area contributed by atoms with Gasteiger partial charge in [-0.3, -0.25) is 10.1 Å². The number of hydrogen-bond donors (Lipinski definition) is 1.